The number of carbonyl (C=O) groups is 1. The molecule has 3 rings (SSSR count). The Morgan fingerprint density at radius 1 is 1.00 bits per heavy atom. The minimum atomic E-state index is -3.99. The van der Waals surface area contributed by atoms with Crippen LogP contribution in [0.15, 0.2) is 65.7 Å². The smallest absolute Gasteiger partial charge is 0.261 e. The van der Waals surface area contributed by atoms with E-state index in [0.29, 0.717) is 11.4 Å². The Balaban J connectivity index is 1.82. The summed E-state index contributed by atoms with van der Waals surface area (Å²) in [5, 5.41) is 2.69. The molecule has 2 aromatic carbocycles. The standard InChI is InChI=1S/C20H18FN3O3S/c1-13-8-9-17(12-18(13)21)28(26,27)24-16-7-3-6-15(11-16)20(25)23-19-14(2)5-4-10-22-19/h3-12,24H,1-2H3,(H,22,23,25). The molecule has 0 aliphatic heterocycles. The van der Waals surface area contributed by atoms with Crippen molar-refractivity contribution in [2.45, 2.75) is 18.7 Å². The maximum absolute atomic E-state index is 13.7. The van der Waals surface area contributed by atoms with Gasteiger partial charge in [0.05, 0.1) is 4.90 Å². The second-order valence-electron chi connectivity index (χ2n) is 6.22. The lowest BCUT2D eigenvalue weighted by molar-refractivity contribution is 0.102. The van der Waals surface area contributed by atoms with Crippen LogP contribution in [0.3, 0.4) is 0 Å². The highest BCUT2D eigenvalue weighted by Gasteiger charge is 2.17. The van der Waals surface area contributed by atoms with E-state index in [4.69, 9.17) is 0 Å². The molecule has 0 fully saturated rings. The molecule has 0 radical (unpaired) electrons. The topological polar surface area (TPSA) is 88.2 Å². The fourth-order valence-electron chi connectivity index (χ4n) is 2.47. The van der Waals surface area contributed by atoms with E-state index in [1.165, 1.54) is 24.3 Å². The van der Waals surface area contributed by atoms with E-state index in [0.717, 1.165) is 11.6 Å². The van der Waals surface area contributed by atoms with Crippen LogP contribution in [-0.2, 0) is 10.0 Å². The second kappa shape index (κ2) is 7.77. The van der Waals surface area contributed by atoms with Crippen molar-refractivity contribution in [3.8, 4) is 0 Å². The summed E-state index contributed by atoms with van der Waals surface area (Å²) in [6, 6.07) is 13.2. The van der Waals surface area contributed by atoms with Gasteiger partial charge in [-0.05, 0) is 61.4 Å². The maximum Gasteiger partial charge on any atom is 0.261 e. The van der Waals surface area contributed by atoms with Crippen molar-refractivity contribution in [3.05, 3.63) is 83.3 Å². The van der Waals surface area contributed by atoms with E-state index in [-0.39, 0.29) is 16.1 Å². The predicted molar refractivity (Wildman–Crippen MR) is 105 cm³/mol. The van der Waals surface area contributed by atoms with Crippen molar-refractivity contribution < 1.29 is 17.6 Å². The van der Waals surface area contributed by atoms with Gasteiger partial charge in [-0.25, -0.2) is 17.8 Å². The number of halogens is 1. The lowest BCUT2D eigenvalue weighted by Crippen LogP contribution is -2.16. The number of amides is 1. The zero-order chi connectivity index (χ0) is 20.3. The van der Waals surface area contributed by atoms with Crippen molar-refractivity contribution in [2.24, 2.45) is 0 Å². The Kier molecular flexibility index (Phi) is 5.41. The lowest BCUT2D eigenvalue weighted by Gasteiger charge is -2.11. The third kappa shape index (κ3) is 4.34. The number of nitrogens with zero attached hydrogens (tertiary/aromatic N) is 1. The van der Waals surface area contributed by atoms with Crippen molar-refractivity contribution in [3.63, 3.8) is 0 Å². The molecule has 0 spiro atoms. The van der Waals surface area contributed by atoms with Crippen LogP contribution >= 0.6 is 0 Å². The van der Waals surface area contributed by atoms with Gasteiger partial charge in [0, 0.05) is 17.4 Å². The van der Waals surface area contributed by atoms with Gasteiger partial charge < -0.3 is 5.32 Å². The van der Waals surface area contributed by atoms with Crippen molar-refractivity contribution in [1.82, 2.24) is 4.98 Å². The van der Waals surface area contributed by atoms with Gasteiger partial charge in [0.25, 0.3) is 15.9 Å². The van der Waals surface area contributed by atoms with Gasteiger partial charge in [-0.15, -0.1) is 0 Å². The van der Waals surface area contributed by atoms with E-state index in [1.54, 1.807) is 31.3 Å². The number of carbonyl (C=O) groups excluding carboxylic acids is 1. The Bertz CT molecular complexity index is 1150. The molecule has 2 N–H and O–H groups in total. The number of aromatic nitrogens is 1. The van der Waals surface area contributed by atoms with Crippen molar-refractivity contribution >= 4 is 27.4 Å². The Morgan fingerprint density at radius 2 is 1.79 bits per heavy atom. The number of sulfonamides is 1. The molecule has 28 heavy (non-hydrogen) atoms. The summed E-state index contributed by atoms with van der Waals surface area (Å²) < 4.78 is 41.1. The number of benzene rings is 2. The summed E-state index contributed by atoms with van der Waals surface area (Å²) in [6.07, 6.45) is 1.56. The van der Waals surface area contributed by atoms with Crippen LogP contribution in [0.1, 0.15) is 21.5 Å². The van der Waals surface area contributed by atoms with Gasteiger partial charge in [-0.3, -0.25) is 9.52 Å². The van der Waals surface area contributed by atoms with Crippen LogP contribution < -0.4 is 10.0 Å². The fraction of sp³-hybridized carbons (Fsp3) is 0.100. The largest absolute Gasteiger partial charge is 0.306 e. The molecule has 1 heterocycles. The van der Waals surface area contributed by atoms with Gasteiger partial charge in [-0.2, -0.15) is 0 Å². The Labute approximate surface area is 162 Å². The molecule has 3 aromatic rings. The van der Waals surface area contributed by atoms with Crippen LogP contribution in [0, 0.1) is 19.7 Å². The second-order valence-corrected chi connectivity index (χ2v) is 7.90. The van der Waals surface area contributed by atoms with E-state index in [9.17, 15) is 17.6 Å². The van der Waals surface area contributed by atoms with E-state index in [1.807, 2.05) is 13.0 Å². The van der Waals surface area contributed by atoms with Gasteiger partial charge in [-0.1, -0.05) is 18.2 Å². The molecule has 8 heteroatoms. The minimum absolute atomic E-state index is 0.186. The lowest BCUT2D eigenvalue weighted by atomic mass is 10.2. The highest BCUT2D eigenvalue weighted by Crippen LogP contribution is 2.20. The first-order valence-electron chi connectivity index (χ1n) is 8.38. The van der Waals surface area contributed by atoms with E-state index in [2.05, 4.69) is 15.0 Å². The van der Waals surface area contributed by atoms with Crippen molar-refractivity contribution in [1.29, 1.82) is 0 Å². The average molecular weight is 399 g/mol. The van der Waals surface area contributed by atoms with Gasteiger partial charge in [0.15, 0.2) is 0 Å². The Morgan fingerprint density at radius 3 is 2.50 bits per heavy atom. The predicted octanol–water partition coefficient (Wildman–Crippen LogP) is 3.89. The third-order valence-corrected chi connectivity index (χ3v) is 5.45. The summed E-state index contributed by atoms with van der Waals surface area (Å²) in [5.74, 6) is -0.612. The normalized spacial score (nSPS) is 11.1. The van der Waals surface area contributed by atoms with Gasteiger partial charge >= 0.3 is 0 Å². The molecule has 0 saturated heterocycles. The van der Waals surface area contributed by atoms with E-state index < -0.39 is 21.7 Å². The number of nitrogens with one attached hydrogen (secondary N) is 2. The summed E-state index contributed by atoms with van der Waals surface area (Å²) >= 11 is 0. The first kappa shape index (κ1) is 19.5. The number of anilines is 2. The first-order valence-corrected chi connectivity index (χ1v) is 9.86. The summed E-state index contributed by atoms with van der Waals surface area (Å²) in [6.45, 7) is 3.36. The summed E-state index contributed by atoms with van der Waals surface area (Å²) in [5.41, 5.74) is 1.59. The molecule has 1 amide bonds. The van der Waals surface area contributed by atoms with Gasteiger partial charge in [0.1, 0.15) is 11.6 Å². The highest BCUT2D eigenvalue weighted by molar-refractivity contribution is 7.92. The maximum atomic E-state index is 13.7. The molecule has 0 atom stereocenters. The SMILES string of the molecule is Cc1ccc(S(=O)(=O)Nc2cccc(C(=O)Nc3ncccc3C)c2)cc1F. The number of hydrogen-bond acceptors (Lipinski definition) is 4. The molecule has 0 aliphatic rings. The zero-order valence-electron chi connectivity index (χ0n) is 15.2. The number of rotatable bonds is 5. The summed E-state index contributed by atoms with van der Waals surface area (Å²) in [7, 11) is -3.99. The molecule has 0 bridgehead atoms. The molecular formula is C20H18FN3O3S. The summed E-state index contributed by atoms with van der Waals surface area (Å²) in [4.78, 5) is 16.4. The molecule has 1 aromatic heterocycles. The molecule has 0 saturated carbocycles. The third-order valence-electron chi connectivity index (χ3n) is 4.07. The van der Waals surface area contributed by atoms with Crippen LogP contribution in [0.5, 0.6) is 0 Å². The fourth-order valence-corrected chi connectivity index (χ4v) is 3.54. The number of pyridine rings is 1. The Hall–Kier alpha value is -3.26. The molecule has 144 valence electrons. The number of hydrogen-bond donors (Lipinski definition) is 2. The minimum Gasteiger partial charge on any atom is -0.306 e. The van der Waals surface area contributed by atoms with Crippen molar-refractivity contribution in [2.75, 3.05) is 10.0 Å². The van der Waals surface area contributed by atoms with Crippen LogP contribution in [-0.4, -0.2) is 19.3 Å². The van der Waals surface area contributed by atoms with Crippen LogP contribution in [0.25, 0.3) is 0 Å². The zero-order valence-corrected chi connectivity index (χ0v) is 16.0. The highest BCUT2D eigenvalue weighted by atomic mass is 32.2. The monoisotopic (exact) mass is 399 g/mol. The quantitative estimate of drug-likeness (QED) is 0.681. The molecule has 0 aliphatic carbocycles. The number of aryl methyl sites for hydroxylation is 2. The molecular weight excluding hydrogens is 381 g/mol. The van der Waals surface area contributed by atoms with E-state index >= 15 is 0 Å². The molecule has 0 unspecified atom stereocenters. The van der Waals surface area contributed by atoms with Gasteiger partial charge in [0.2, 0.25) is 0 Å². The average Bonchev–Trinajstić information content (AvgIpc) is 2.65. The van der Waals surface area contributed by atoms with Crippen LogP contribution in [0.2, 0.25) is 0 Å². The van der Waals surface area contributed by atoms with Crippen LogP contribution in [0.4, 0.5) is 15.9 Å². The first-order chi connectivity index (χ1) is 13.3. The molecule has 6 nitrogen and oxygen atoms in total.